The molecule has 7 heteroatoms. The highest BCUT2D eigenvalue weighted by molar-refractivity contribution is 5.86. The van der Waals surface area contributed by atoms with Gasteiger partial charge in [0.2, 0.25) is 0 Å². The third-order valence-corrected chi connectivity index (χ3v) is 6.27. The van der Waals surface area contributed by atoms with Crippen LogP contribution < -0.4 is 10.3 Å². The predicted molar refractivity (Wildman–Crippen MR) is 104 cm³/mol. The lowest BCUT2D eigenvalue weighted by atomic mass is 9.86. The summed E-state index contributed by atoms with van der Waals surface area (Å²) in [5.41, 5.74) is 3.64. The molecule has 0 spiro atoms. The molecule has 0 saturated carbocycles. The SMILES string of the molecule is Cc1c(C)c2c(c(C)c1O)CC[C@@](C)(C(=O)N1CCc3c(nc[nH]c3=O)C1)O2. The maximum absolute atomic E-state index is 13.4. The first-order valence-electron chi connectivity index (χ1n) is 9.58. The van der Waals surface area contributed by atoms with Gasteiger partial charge in [-0.3, -0.25) is 9.59 Å². The van der Waals surface area contributed by atoms with Crippen molar-refractivity contribution in [1.82, 2.24) is 14.9 Å². The first-order valence-corrected chi connectivity index (χ1v) is 9.58. The van der Waals surface area contributed by atoms with Crippen LogP contribution in [0.3, 0.4) is 0 Å². The first-order chi connectivity index (χ1) is 13.2. The standard InChI is InChI=1S/C21H25N3O4/c1-11-12(2)18-14(13(3)17(11)25)5-7-21(4,28-18)20(27)24-8-6-15-16(9-24)22-10-23-19(15)26/h10,25H,5-9H2,1-4H3,(H,22,23,26)/t21-/m0/s1. The molecular formula is C21H25N3O4. The highest BCUT2D eigenvalue weighted by Crippen LogP contribution is 2.43. The van der Waals surface area contributed by atoms with Gasteiger partial charge in [0.1, 0.15) is 11.5 Å². The number of phenols is 1. The second-order valence-corrected chi connectivity index (χ2v) is 8.00. The number of aromatic amines is 1. The number of amides is 1. The number of nitrogens with one attached hydrogen (secondary N) is 1. The molecule has 0 fully saturated rings. The number of aromatic nitrogens is 2. The van der Waals surface area contributed by atoms with Crippen LogP contribution in [0.1, 0.15) is 46.9 Å². The Balaban J connectivity index is 1.64. The lowest BCUT2D eigenvalue weighted by Crippen LogP contribution is -2.54. The van der Waals surface area contributed by atoms with Crippen molar-refractivity contribution < 1.29 is 14.6 Å². The van der Waals surface area contributed by atoms with Crippen molar-refractivity contribution >= 4 is 5.91 Å². The monoisotopic (exact) mass is 383 g/mol. The molecule has 4 rings (SSSR count). The Labute approximate surface area is 163 Å². The normalized spacial score (nSPS) is 20.9. The molecule has 2 aliphatic rings. The molecule has 1 amide bonds. The lowest BCUT2D eigenvalue weighted by Gasteiger charge is -2.40. The number of hydrogen-bond donors (Lipinski definition) is 2. The van der Waals surface area contributed by atoms with Gasteiger partial charge < -0.3 is 19.7 Å². The quantitative estimate of drug-likeness (QED) is 0.786. The Morgan fingerprint density at radius 1 is 1.21 bits per heavy atom. The summed E-state index contributed by atoms with van der Waals surface area (Å²) in [6.45, 7) is 8.28. The van der Waals surface area contributed by atoms with Crippen LogP contribution in [0, 0.1) is 20.8 Å². The number of H-pyrrole nitrogens is 1. The van der Waals surface area contributed by atoms with Crippen LogP contribution in [0.25, 0.3) is 0 Å². The van der Waals surface area contributed by atoms with E-state index in [-0.39, 0.29) is 11.5 Å². The van der Waals surface area contributed by atoms with Crippen molar-refractivity contribution in [2.24, 2.45) is 0 Å². The Kier molecular flexibility index (Phi) is 4.21. The fraction of sp³-hybridized carbons (Fsp3) is 0.476. The number of carbonyl (C=O) groups excluding carboxylic acids is 1. The largest absolute Gasteiger partial charge is 0.507 e. The number of hydrogen-bond acceptors (Lipinski definition) is 5. The summed E-state index contributed by atoms with van der Waals surface area (Å²) < 4.78 is 6.30. The molecule has 3 heterocycles. The van der Waals surface area contributed by atoms with Crippen molar-refractivity contribution in [3.8, 4) is 11.5 Å². The van der Waals surface area contributed by atoms with E-state index < -0.39 is 5.60 Å². The fourth-order valence-electron chi connectivity index (χ4n) is 4.27. The molecule has 0 aliphatic carbocycles. The molecule has 0 radical (unpaired) electrons. The van der Waals surface area contributed by atoms with Crippen LogP contribution in [0.15, 0.2) is 11.1 Å². The number of ether oxygens (including phenoxy) is 1. The number of rotatable bonds is 1. The van der Waals surface area contributed by atoms with Crippen LogP contribution in [0.2, 0.25) is 0 Å². The molecule has 1 aromatic carbocycles. The molecule has 0 saturated heterocycles. The summed E-state index contributed by atoms with van der Waals surface area (Å²) in [4.78, 5) is 33.9. The van der Waals surface area contributed by atoms with E-state index in [1.807, 2.05) is 27.7 Å². The first kappa shape index (κ1) is 18.5. The van der Waals surface area contributed by atoms with Crippen LogP contribution >= 0.6 is 0 Å². The zero-order chi connectivity index (χ0) is 20.2. The summed E-state index contributed by atoms with van der Waals surface area (Å²) in [7, 11) is 0. The summed E-state index contributed by atoms with van der Waals surface area (Å²) >= 11 is 0. The van der Waals surface area contributed by atoms with E-state index in [9.17, 15) is 14.7 Å². The van der Waals surface area contributed by atoms with Crippen molar-refractivity contribution in [2.45, 2.75) is 59.1 Å². The second-order valence-electron chi connectivity index (χ2n) is 8.00. The molecule has 7 nitrogen and oxygen atoms in total. The van der Waals surface area contributed by atoms with E-state index in [2.05, 4.69) is 9.97 Å². The Morgan fingerprint density at radius 3 is 2.71 bits per heavy atom. The van der Waals surface area contributed by atoms with Crippen LogP contribution in [-0.2, 0) is 24.2 Å². The highest BCUT2D eigenvalue weighted by Gasteiger charge is 2.44. The van der Waals surface area contributed by atoms with Gasteiger partial charge in [0.15, 0.2) is 5.60 Å². The molecule has 2 aliphatic heterocycles. The molecule has 0 bridgehead atoms. The summed E-state index contributed by atoms with van der Waals surface area (Å²) in [6, 6.07) is 0. The van der Waals surface area contributed by atoms with Gasteiger partial charge in [0.25, 0.3) is 11.5 Å². The van der Waals surface area contributed by atoms with Gasteiger partial charge in [-0.2, -0.15) is 0 Å². The average molecular weight is 383 g/mol. The van der Waals surface area contributed by atoms with E-state index in [1.165, 1.54) is 6.33 Å². The third-order valence-electron chi connectivity index (χ3n) is 6.27. The van der Waals surface area contributed by atoms with Crippen LogP contribution in [-0.4, -0.2) is 38.0 Å². The molecule has 148 valence electrons. The molecule has 1 atom stereocenters. The Morgan fingerprint density at radius 2 is 1.96 bits per heavy atom. The summed E-state index contributed by atoms with van der Waals surface area (Å²) in [6.07, 6.45) is 3.07. The number of phenolic OH excluding ortho intramolecular Hbond substituents is 1. The molecule has 2 aromatic rings. The van der Waals surface area contributed by atoms with Crippen molar-refractivity contribution in [3.63, 3.8) is 0 Å². The molecule has 2 N–H and O–H groups in total. The van der Waals surface area contributed by atoms with E-state index >= 15 is 0 Å². The van der Waals surface area contributed by atoms with Crippen molar-refractivity contribution in [1.29, 1.82) is 0 Å². The van der Waals surface area contributed by atoms with Gasteiger partial charge >= 0.3 is 0 Å². The maximum Gasteiger partial charge on any atom is 0.266 e. The fourth-order valence-corrected chi connectivity index (χ4v) is 4.27. The van der Waals surface area contributed by atoms with Gasteiger partial charge in [-0.15, -0.1) is 0 Å². The number of carbonyl (C=O) groups is 1. The number of nitrogens with zero attached hydrogens (tertiary/aromatic N) is 2. The van der Waals surface area contributed by atoms with Gasteiger partial charge in [0, 0.05) is 24.1 Å². The smallest absolute Gasteiger partial charge is 0.266 e. The van der Waals surface area contributed by atoms with Crippen LogP contribution in [0.5, 0.6) is 11.5 Å². The lowest BCUT2D eigenvalue weighted by molar-refractivity contribution is -0.149. The van der Waals surface area contributed by atoms with Gasteiger partial charge in [-0.05, 0) is 57.2 Å². The van der Waals surface area contributed by atoms with E-state index in [4.69, 9.17) is 4.74 Å². The second kappa shape index (κ2) is 6.36. The highest BCUT2D eigenvalue weighted by atomic mass is 16.5. The molecule has 28 heavy (non-hydrogen) atoms. The van der Waals surface area contributed by atoms with E-state index in [0.717, 1.165) is 22.3 Å². The van der Waals surface area contributed by atoms with Gasteiger partial charge in [0.05, 0.1) is 18.6 Å². The summed E-state index contributed by atoms with van der Waals surface area (Å²) in [5, 5.41) is 10.3. The Bertz CT molecular complexity index is 1040. The summed E-state index contributed by atoms with van der Waals surface area (Å²) in [5.74, 6) is 0.925. The van der Waals surface area contributed by atoms with Crippen LogP contribution in [0.4, 0.5) is 0 Å². The van der Waals surface area contributed by atoms with Crippen molar-refractivity contribution in [3.05, 3.63) is 50.2 Å². The predicted octanol–water partition coefficient (Wildman–Crippen LogP) is 2.07. The number of benzene rings is 1. The molecular weight excluding hydrogens is 358 g/mol. The zero-order valence-electron chi connectivity index (χ0n) is 16.7. The molecule has 0 unspecified atom stereocenters. The maximum atomic E-state index is 13.4. The minimum absolute atomic E-state index is 0.0892. The average Bonchev–Trinajstić information content (AvgIpc) is 2.70. The molecule has 1 aromatic heterocycles. The van der Waals surface area contributed by atoms with Gasteiger partial charge in [-0.1, -0.05) is 0 Å². The third kappa shape index (κ3) is 2.68. The van der Waals surface area contributed by atoms with E-state index in [0.29, 0.717) is 55.1 Å². The zero-order valence-corrected chi connectivity index (χ0v) is 16.7. The number of fused-ring (bicyclic) bond motifs is 2. The topological polar surface area (TPSA) is 95.5 Å². The van der Waals surface area contributed by atoms with Gasteiger partial charge in [-0.25, -0.2) is 4.98 Å². The minimum atomic E-state index is -0.980. The van der Waals surface area contributed by atoms with Crippen molar-refractivity contribution in [2.75, 3.05) is 6.54 Å². The minimum Gasteiger partial charge on any atom is -0.507 e. The Hall–Kier alpha value is -2.83. The number of aromatic hydroxyl groups is 1. The van der Waals surface area contributed by atoms with E-state index in [1.54, 1.807) is 4.90 Å².